The number of aromatic nitrogens is 3. The number of hydrogen-bond donors (Lipinski definition) is 1. The van der Waals surface area contributed by atoms with Crippen LogP contribution in [0.15, 0.2) is 48.5 Å². The summed E-state index contributed by atoms with van der Waals surface area (Å²) >= 11 is 0. The molecule has 1 amide bonds. The Bertz CT molecular complexity index is 1000. The van der Waals surface area contributed by atoms with Crippen LogP contribution < -0.4 is 4.74 Å². The molecule has 0 bridgehead atoms. The Kier molecular flexibility index (Phi) is 5.46. The predicted octanol–water partition coefficient (Wildman–Crippen LogP) is 2.48. The van der Waals surface area contributed by atoms with E-state index in [-0.39, 0.29) is 17.2 Å². The fourth-order valence-corrected chi connectivity index (χ4v) is 3.66. The fourth-order valence-electron chi connectivity index (χ4n) is 3.66. The highest BCUT2D eigenvalue weighted by atomic mass is 16.5. The Labute approximate surface area is 169 Å². The number of nitrogens with zero attached hydrogens (tertiary/aromatic N) is 4. The molecule has 0 fully saturated rings. The Morgan fingerprint density at radius 2 is 1.90 bits per heavy atom. The molecule has 0 saturated heterocycles. The van der Waals surface area contributed by atoms with Crippen molar-refractivity contribution in [2.75, 3.05) is 20.2 Å². The van der Waals surface area contributed by atoms with Crippen molar-refractivity contribution in [2.45, 2.75) is 25.8 Å². The molecule has 0 aliphatic carbocycles. The molecule has 1 aromatic heterocycles. The maximum absolute atomic E-state index is 13.0. The van der Waals surface area contributed by atoms with Gasteiger partial charge in [-0.2, -0.15) is 0 Å². The van der Waals surface area contributed by atoms with E-state index in [1.165, 1.54) is 18.7 Å². The van der Waals surface area contributed by atoms with Crippen LogP contribution in [0.5, 0.6) is 11.5 Å². The van der Waals surface area contributed by atoms with Gasteiger partial charge in [0.2, 0.25) is 0 Å². The van der Waals surface area contributed by atoms with Crippen LogP contribution >= 0.6 is 0 Å². The van der Waals surface area contributed by atoms with E-state index in [2.05, 4.69) is 26.9 Å². The number of methoxy groups -OCH3 is 1. The number of benzene rings is 2. The van der Waals surface area contributed by atoms with Gasteiger partial charge in [0.15, 0.2) is 0 Å². The molecule has 1 N–H and O–H groups in total. The fraction of sp³-hybridized carbons (Fsp3) is 0.318. The average Bonchev–Trinajstić information content (AvgIpc) is 3.02. The van der Waals surface area contributed by atoms with Crippen molar-refractivity contribution in [1.29, 1.82) is 0 Å². The van der Waals surface area contributed by atoms with Gasteiger partial charge in [-0.3, -0.25) is 4.79 Å². The zero-order chi connectivity index (χ0) is 20.2. The van der Waals surface area contributed by atoms with Crippen molar-refractivity contribution in [1.82, 2.24) is 19.7 Å². The van der Waals surface area contributed by atoms with Crippen molar-refractivity contribution in [3.05, 3.63) is 71.3 Å². The molecule has 7 heteroatoms. The minimum atomic E-state index is -0.203. The summed E-state index contributed by atoms with van der Waals surface area (Å²) in [6.07, 6.45) is 2.34. The quantitative estimate of drug-likeness (QED) is 0.722. The van der Waals surface area contributed by atoms with E-state index in [1.807, 2.05) is 18.2 Å². The van der Waals surface area contributed by atoms with Crippen molar-refractivity contribution >= 4 is 5.91 Å². The van der Waals surface area contributed by atoms with Gasteiger partial charge in [0.25, 0.3) is 5.91 Å². The van der Waals surface area contributed by atoms with Crippen LogP contribution in [-0.2, 0) is 25.8 Å². The molecule has 1 aliphatic rings. The molecule has 7 nitrogen and oxygen atoms in total. The average molecular weight is 392 g/mol. The van der Waals surface area contributed by atoms with Crippen LogP contribution in [0.3, 0.4) is 0 Å². The normalized spacial score (nSPS) is 13.6. The first-order chi connectivity index (χ1) is 14.2. The minimum Gasteiger partial charge on any atom is -0.507 e. The van der Waals surface area contributed by atoms with Gasteiger partial charge < -0.3 is 19.3 Å². The van der Waals surface area contributed by atoms with Crippen LogP contribution in [0, 0.1) is 0 Å². The third kappa shape index (κ3) is 4.08. The van der Waals surface area contributed by atoms with E-state index in [0.29, 0.717) is 31.8 Å². The van der Waals surface area contributed by atoms with Gasteiger partial charge in [-0.1, -0.05) is 30.3 Å². The lowest BCUT2D eigenvalue weighted by Gasteiger charge is -2.21. The summed E-state index contributed by atoms with van der Waals surface area (Å²) in [7, 11) is 1.54. The predicted molar refractivity (Wildman–Crippen MR) is 108 cm³/mol. The van der Waals surface area contributed by atoms with E-state index < -0.39 is 0 Å². The molecule has 0 unspecified atom stereocenters. The number of amides is 1. The summed E-state index contributed by atoms with van der Waals surface area (Å²) in [5.74, 6) is 2.15. The van der Waals surface area contributed by atoms with Crippen molar-refractivity contribution in [3.63, 3.8) is 0 Å². The van der Waals surface area contributed by atoms with Gasteiger partial charge in [0, 0.05) is 32.5 Å². The second kappa shape index (κ2) is 8.34. The lowest BCUT2D eigenvalue weighted by molar-refractivity contribution is 0.0755. The molecule has 0 radical (unpaired) electrons. The molecule has 2 heterocycles. The molecular weight excluding hydrogens is 368 g/mol. The Balaban J connectivity index is 1.46. The Hall–Kier alpha value is -3.35. The summed E-state index contributed by atoms with van der Waals surface area (Å²) in [5.41, 5.74) is 1.52. The molecule has 1 aliphatic heterocycles. The summed E-state index contributed by atoms with van der Waals surface area (Å²) in [5, 5.41) is 18.8. The largest absolute Gasteiger partial charge is 0.507 e. The van der Waals surface area contributed by atoms with Crippen LogP contribution in [0.4, 0.5) is 0 Å². The zero-order valence-corrected chi connectivity index (χ0v) is 16.4. The van der Waals surface area contributed by atoms with Gasteiger partial charge in [-0.25, -0.2) is 0 Å². The van der Waals surface area contributed by atoms with Gasteiger partial charge in [-0.15, -0.1) is 10.2 Å². The summed E-state index contributed by atoms with van der Waals surface area (Å²) in [6.45, 7) is 1.72. The highest BCUT2D eigenvalue weighted by Crippen LogP contribution is 2.25. The summed E-state index contributed by atoms with van der Waals surface area (Å²) < 4.78 is 7.31. The number of phenols is 1. The monoisotopic (exact) mass is 392 g/mol. The SMILES string of the molecule is COc1ccc(O)c(C(=O)N2CCc3nnc(CCc4ccccc4)n3CC2)c1. The van der Waals surface area contributed by atoms with Gasteiger partial charge >= 0.3 is 0 Å². The Morgan fingerprint density at radius 1 is 1.07 bits per heavy atom. The zero-order valence-electron chi connectivity index (χ0n) is 16.4. The topological polar surface area (TPSA) is 80.5 Å². The third-order valence-electron chi connectivity index (χ3n) is 5.30. The van der Waals surface area contributed by atoms with Gasteiger partial charge in [0.1, 0.15) is 23.1 Å². The summed E-state index contributed by atoms with van der Waals surface area (Å²) in [6, 6.07) is 15.0. The number of carbonyl (C=O) groups is 1. The Morgan fingerprint density at radius 3 is 2.69 bits per heavy atom. The number of rotatable bonds is 5. The smallest absolute Gasteiger partial charge is 0.257 e. The van der Waals surface area contributed by atoms with Crippen molar-refractivity contribution in [2.24, 2.45) is 0 Å². The maximum Gasteiger partial charge on any atom is 0.257 e. The lowest BCUT2D eigenvalue weighted by Crippen LogP contribution is -2.33. The highest BCUT2D eigenvalue weighted by Gasteiger charge is 2.24. The van der Waals surface area contributed by atoms with Crippen molar-refractivity contribution < 1.29 is 14.6 Å². The molecule has 0 spiro atoms. The minimum absolute atomic E-state index is 0.0389. The second-order valence-electron chi connectivity index (χ2n) is 7.09. The maximum atomic E-state index is 13.0. The highest BCUT2D eigenvalue weighted by molar-refractivity contribution is 5.97. The first-order valence-corrected chi connectivity index (χ1v) is 9.77. The molecule has 2 aromatic carbocycles. The van der Waals surface area contributed by atoms with E-state index in [0.717, 1.165) is 24.5 Å². The molecule has 150 valence electrons. The molecule has 0 atom stereocenters. The van der Waals surface area contributed by atoms with E-state index in [4.69, 9.17) is 4.74 Å². The number of aryl methyl sites for hydroxylation is 2. The number of carbonyl (C=O) groups excluding carboxylic acids is 1. The van der Waals surface area contributed by atoms with E-state index in [9.17, 15) is 9.90 Å². The first kappa shape index (κ1) is 19.0. The van der Waals surface area contributed by atoms with Gasteiger partial charge in [-0.05, 0) is 30.2 Å². The van der Waals surface area contributed by atoms with E-state index in [1.54, 1.807) is 17.0 Å². The standard InChI is InChI=1S/C22H24N4O3/c1-29-17-8-9-19(27)18(15-17)22(28)25-12-11-21-24-23-20(26(21)14-13-25)10-7-16-5-3-2-4-6-16/h2-6,8-9,15,27H,7,10-14H2,1H3. The molecular formula is C22H24N4O3. The van der Waals surface area contributed by atoms with Crippen molar-refractivity contribution in [3.8, 4) is 11.5 Å². The lowest BCUT2D eigenvalue weighted by atomic mass is 10.1. The number of phenolic OH excluding ortho intramolecular Hbond substituents is 1. The van der Waals surface area contributed by atoms with Crippen LogP contribution in [-0.4, -0.2) is 50.9 Å². The third-order valence-corrected chi connectivity index (χ3v) is 5.30. The summed E-state index contributed by atoms with van der Waals surface area (Å²) in [4.78, 5) is 14.7. The van der Waals surface area contributed by atoms with E-state index >= 15 is 0 Å². The first-order valence-electron chi connectivity index (χ1n) is 9.77. The molecule has 3 aromatic rings. The number of aromatic hydroxyl groups is 1. The molecule has 4 rings (SSSR count). The number of hydrogen-bond acceptors (Lipinski definition) is 5. The van der Waals surface area contributed by atoms with Crippen LogP contribution in [0.2, 0.25) is 0 Å². The second-order valence-corrected chi connectivity index (χ2v) is 7.09. The molecule has 29 heavy (non-hydrogen) atoms. The number of ether oxygens (including phenoxy) is 1. The van der Waals surface area contributed by atoms with Crippen LogP contribution in [0.25, 0.3) is 0 Å². The molecule has 0 saturated carbocycles. The van der Waals surface area contributed by atoms with Crippen LogP contribution in [0.1, 0.15) is 27.6 Å². The van der Waals surface area contributed by atoms with Gasteiger partial charge in [0.05, 0.1) is 12.7 Å². The number of fused-ring (bicyclic) bond motifs is 1.